The molecule has 1 aromatic heterocycles. The van der Waals surface area contributed by atoms with Crippen molar-refractivity contribution in [2.24, 2.45) is 12.8 Å². The van der Waals surface area contributed by atoms with Crippen LogP contribution in [0, 0.1) is 0 Å². The van der Waals surface area contributed by atoms with E-state index >= 15 is 0 Å². The average molecular weight is 582 g/mol. The number of carbonyl (C=O) groups is 1. The number of rotatable bonds is 7. The zero-order chi connectivity index (χ0) is 30.5. The number of halogens is 2. The first-order chi connectivity index (χ1) is 19.3. The summed E-state index contributed by atoms with van der Waals surface area (Å²) in [7, 11) is 3.60. The van der Waals surface area contributed by atoms with Crippen molar-refractivity contribution in [1.82, 2.24) is 9.55 Å². The van der Waals surface area contributed by atoms with Gasteiger partial charge in [-0.05, 0) is 58.7 Å². The minimum atomic E-state index is -1.04. The lowest BCUT2D eigenvalue weighted by molar-refractivity contribution is -0.107. The smallest absolute Gasteiger partial charge is 0.213 e. The van der Waals surface area contributed by atoms with Gasteiger partial charge in [-0.2, -0.15) is 0 Å². The largest absolute Gasteiger partial charge is 0.336 e. The summed E-state index contributed by atoms with van der Waals surface area (Å²) in [4.78, 5) is 17.5. The molecule has 0 saturated carbocycles. The summed E-state index contributed by atoms with van der Waals surface area (Å²) in [6.07, 6.45) is 4.23. The van der Waals surface area contributed by atoms with E-state index in [1.165, 1.54) is 4.90 Å². The molecule has 4 rings (SSSR count). The van der Waals surface area contributed by atoms with Crippen molar-refractivity contribution in [3.63, 3.8) is 0 Å². The molecule has 0 fully saturated rings. The number of benzene rings is 3. The Morgan fingerprint density at radius 2 is 1.52 bits per heavy atom. The van der Waals surface area contributed by atoms with E-state index in [0.29, 0.717) is 15.7 Å². The van der Waals surface area contributed by atoms with Gasteiger partial charge in [-0.1, -0.05) is 102 Å². The molecular formula is C33H42Cl2N4O. The Balaban J connectivity index is 0.00000125. The van der Waals surface area contributed by atoms with Gasteiger partial charge in [0.2, 0.25) is 6.41 Å². The maximum atomic E-state index is 11.7. The highest BCUT2D eigenvalue weighted by Crippen LogP contribution is 2.39. The molecule has 0 spiro atoms. The summed E-state index contributed by atoms with van der Waals surface area (Å²) in [5.41, 5.74) is 11.6. The number of nitrogens with two attached hydrogens (primary N) is 1. The van der Waals surface area contributed by atoms with Crippen LogP contribution in [-0.4, -0.2) is 23.0 Å². The van der Waals surface area contributed by atoms with E-state index in [1.54, 1.807) is 25.6 Å². The number of aryl methyl sites for hydroxylation is 1. The van der Waals surface area contributed by atoms with Crippen LogP contribution in [0.25, 0.3) is 5.57 Å². The Bertz CT molecular complexity index is 1370. The van der Waals surface area contributed by atoms with Gasteiger partial charge in [0.15, 0.2) is 0 Å². The maximum Gasteiger partial charge on any atom is 0.213 e. The molecule has 40 heavy (non-hydrogen) atoms. The average Bonchev–Trinajstić information content (AvgIpc) is 3.45. The summed E-state index contributed by atoms with van der Waals surface area (Å²) in [6, 6.07) is 20.7. The first-order valence-electron chi connectivity index (χ1n) is 13.5. The highest BCUT2D eigenvalue weighted by Gasteiger charge is 2.35. The lowest BCUT2D eigenvalue weighted by Crippen LogP contribution is -2.41. The second kappa shape index (κ2) is 16.7. The van der Waals surface area contributed by atoms with Crippen LogP contribution in [0.1, 0.15) is 69.5 Å². The molecule has 5 nitrogen and oxygen atoms in total. The van der Waals surface area contributed by atoms with E-state index in [0.717, 1.165) is 39.9 Å². The number of aromatic nitrogens is 2. The van der Waals surface area contributed by atoms with Gasteiger partial charge in [-0.15, -0.1) is 0 Å². The molecule has 0 aliphatic rings. The fraction of sp³-hybridized carbons (Fsp3) is 0.273. The maximum absolute atomic E-state index is 11.7. The van der Waals surface area contributed by atoms with Crippen molar-refractivity contribution in [3.8, 4) is 0 Å². The van der Waals surface area contributed by atoms with Crippen molar-refractivity contribution < 1.29 is 4.79 Å². The third-order valence-electron chi connectivity index (χ3n) is 6.01. The predicted octanol–water partition coefficient (Wildman–Crippen LogP) is 8.71. The van der Waals surface area contributed by atoms with Crippen LogP contribution < -0.4 is 10.6 Å². The first-order valence-corrected chi connectivity index (χ1v) is 14.3. The second-order valence-corrected chi connectivity index (χ2v) is 9.01. The summed E-state index contributed by atoms with van der Waals surface area (Å²) in [5.74, 6) is 0. The molecule has 1 unspecified atom stereocenters. The van der Waals surface area contributed by atoms with E-state index in [2.05, 4.69) is 11.6 Å². The van der Waals surface area contributed by atoms with Crippen molar-refractivity contribution >= 4 is 40.9 Å². The second-order valence-electron chi connectivity index (χ2n) is 8.14. The first kappa shape index (κ1) is 34.6. The van der Waals surface area contributed by atoms with Crippen molar-refractivity contribution in [3.05, 3.63) is 124 Å². The summed E-state index contributed by atoms with van der Waals surface area (Å²) in [5, 5.41) is 1.22. The molecule has 0 aliphatic carbocycles. The lowest BCUT2D eigenvalue weighted by Gasteiger charge is -2.32. The number of imidazole rings is 1. The normalized spacial score (nSPS) is 11.3. The zero-order valence-electron chi connectivity index (χ0n) is 24.9. The molecule has 1 atom stereocenters. The fourth-order valence-electron chi connectivity index (χ4n) is 4.13. The minimum Gasteiger partial charge on any atom is -0.336 e. The lowest BCUT2D eigenvalue weighted by atomic mass is 9.79. The topological polar surface area (TPSA) is 64.2 Å². The Labute approximate surface area is 250 Å². The van der Waals surface area contributed by atoms with Crippen LogP contribution in [0.3, 0.4) is 0 Å². The van der Waals surface area contributed by atoms with Crippen molar-refractivity contribution in [1.29, 1.82) is 0 Å². The number of carbonyl (C=O) groups excluding carboxylic acids is 1. The number of amides is 1. The highest BCUT2D eigenvalue weighted by atomic mass is 35.5. The number of anilines is 1. The van der Waals surface area contributed by atoms with Gasteiger partial charge >= 0.3 is 0 Å². The van der Waals surface area contributed by atoms with E-state index in [1.807, 2.05) is 114 Å². The van der Waals surface area contributed by atoms with Crippen LogP contribution in [0.4, 0.5) is 5.69 Å². The molecule has 214 valence electrons. The molecule has 1 amide bonds. The summed E-state index contributed by atoms with van der Waals surface area (Å²) < 4.78 is 1.89. The molecule has 4 aromatic rings. The number of nitrogens with zero attached hydrogens (tertiary/aromatic N) is 3. The molecule has 1 heterocycles. The van der Waals surface area contributed by atoms with Gasteiger partial charge in [0.1, 0.15) is 5.54 Å². The Kier molecular flexibility index (Phi) is 14.4. The third-order valence-corrected chi connectivity index (χ3v) is 6.50. The summed E-state index contributed by atoms with van der Waals surface area (Å²) in [6.45, 7) is 16.3. The van der Waals surface area contributed by atoms with Gasteiger partial charge in [-0.25, -0.2) is 4.98 Å². The Hall–Kier alpha value is -3.38. The van der Waals surface area contributed by atoms with Crippen LogP contribution in [0.15, 0.2) is 85.8 Å². The van der Waals surface area contributed by atoms with Gasteiger partial charge in [0.25, 0.3) is 0 Å². The standard InChI is InChI=1S/C27H24Cl2N4O.3C2H6/c1-18(19-5-4-6-23(29)13-19)24-14-21(9-12-25(24)33(3)17-34)27(30,26-15-31-16-32(26)2)20-7-10-22(28)11-8-20;3*1-2/h4-17H,1,30H2,2-3H3;3*1-2H3. The molecule has 3 aromatic carbocycles. The SMILES string of the molecule is C=C(c1cccc(Cl)c1)c1cc(C(N)(c2ccc(Cl)cc2)c2cncn2C)ccc1N(C)C=O.CC.CC.CC. The zero-order valence-corrected chi connectivity index (χ0v) is 26.4. The van der Waals surface area contributed by atoms with Crippen LogP contribution in [-0.2, 0) is 17.4 Å². The molecule has 2 N–H and O–H groups in total. The van der Waals surface area contributed by atoms with Crippen molar-refractivity contribution in [2.75, 3.05) is 11.9 Å². The van der Waals surface area contributed by atoms with Crippen LogP contribution >= 0.6 is 23.2 Å². The number of hydrogen-bond donors (Lipinski definition) is 1. The molecular weight excluding hydrogens is 539 g/mol. The third kappa shape index (κ3) is 7.63. The van der Waals surface area contributed by atoms with Crippen LogP contribution in [0.2, 0.25) is 10.0 Å². The van der Waals surface area contributed by atoms with E-state index in [9.17, 15) is 4.79 Å². The fourth-order valence-corrected chi connectivity index (χ4v) is 4.45. The summed E-state index contributed by atoms with van der Waals surface area (Å²) >= 11 is 12.4. The predicted molar refractivity (Wildman–Crippen MR) is 173 cm³/mol. The van der Waals surface area contributed by atoms with Gasteiger partial charge in [-0.3, -0.25) is 4.79 Å². The molecule has 0 bridgehead atoms. The molecule has 0 radical (unpaired) electrons. The van der Waals surface area contributed by atoms with Gasteiger partial charge in [0, 0.05) is 29.7 Å². The molecule has 0 aliphatic heterocycles. The van der Waals surface area contributed by atoms with E-state index in [4.69, 9.17) is 28.9 Å². The quantitative estimate of drug-likeness (QED) is 0.222. The Morgan fingerprint density at radius 3 is 2.05 bits per heavy atom. The van der Waals surface area contributed by atoms with E-state index < -0.39 is 5.54 Å². The number of hydrogen-bond acceptors (Lipinski definition) is 3. The van der Waals surface area contributed by atoms with Gasteiger partial charge in [0.05, 0.1) is 23.9 Å². The molecule has 0 saturated heterocycles. The molecule has 7 heteroatoms. The van der Waals surface area contributed by atoms with Crippen molar-refractivity contribution in [2.45, 2.75) is 47.1 Å². The van der Waals surface area contributed by atoms with E-state index in [-0.39, 0.29) is 0 Å². The minimum absolute atomic E-state index is 0.601. The van der Waals surface area contributed by atoms with Crippen LogP contribution in [0.5, 0.6) is 0 Å². The van der Waals surface area contributed by atoms with Gasteiger partial charge < -0.3 is 15.2 Å². The Morgan fingerprint density at radius 1 is 0.925 bits per heavy atom. The monoisotopic (exact) mass is 580 g/mol. The highest BCUT2D eigenvalue weighted by molar-refractivity contribution is 6.31.